The molecule has 0 heterocycles. The molecular weight excluding hydrogens is 222 g/mol. The van der Waals surface area contributed by atoms with Crippen LogP contribution >= 0.6 is 11.6 Å². The van der Waals surface area contributed by atoms with Crippen molar-refractivity contribution in [2.45, 2.75) is 32.4 Å². The first kappa shape index (κ1) is 11.7. The number of ether oxygens (including phenoxy) is 1. The monoisotopic (exact) mass is 239 g/mol. The second-order valence-corrected chi connectivity index (χ2v) is 5.40. The van der Waals surface area contributed by atoms with Crippen LogP contribution in [-0.2, 0) is 0 Å². The molecular formula is C13H18ClNO. The summed E-state index contributed by atoms with van der Waals surface area (Å²) in [6, 6.07) is 8.13. The first-order valence-corrected chi connectivity index (χ1v) is 6.01. The molecule has 2 rings (SSSR count). The summed E-state index contributed by atoms with van der Waals surface area (Å²) in [6.45, 7) is 4.46. The first-order valence-electron chi connectivity index (χ1n) is 5.63. The summed E-state index contributed by atoms with van der Waals surface area (Å²) in [4.78, 5) is 0. The number of nitrogens with one attached hydrogen (secondary N) is 1. The van der Waals surface area contributed by atoms with Gasteiger partial charge in [-0.15, -0.1) is 0 Å². The maximum atomic E-state index is 5.95. The molecule has 1 aliphatic carbocycles. The molecule has 0 saturated heterocycles. The van der Waals surface area contributed by atoms with E-state index in [1.165, 1.54) is 0 Å². The lowest BCUT2D eigenvalue weighted by Gasteiger charge is -2.51. The summed E-state index contributed by atoms with van der Waals surface area (Å²) in [5, 5.41) is 4.03. The van der Waals surface area contributed by atoms with Gasteiger partial charge in [0.15, 0.2) is 0 Å². The Hall–Kier alpha value is -0.730. The summed E-state index contributed by atoms with van der Waals surface area (Å²) in [6.07, 6.45) is 1.32. The molecule has 2 atom stereocenters. The van der Waals surface area contributed by atoms with Gasteiger partial charge < -0.3 is 10.1 Å². The third-order valence-corrected chi connectivity index (χ3v) is 3.84. The molecule has 0 spiro atoms. The van der Waals surface area contributed by atoms with Crippen molar-refractivity contribution in [2.75, 3.05) is 7.05 Å². The van der Waals surface area contributed by atoms with Crippen molar-refractivity contribution in [3.8, 4) is 5.75 Å². The van der Waals surface area contributed by atoms with Gasteiger partial charge in [0.05, 0.1) is 0 Å². The van der Waals surface area contributed by atoms with Gasteiger partial charge in [0.2, 0.25) is 0 Å². The predicted molar refractivity (Wildman–Crippen MR) is 67.1 cm³/mol. The second kappa shape index (κ2) is 4.27. The van der Waals surface area contributed by atoms with Crippen LogP contribution in [0.2, 0.25) is 5.02 Å². The predicted octanol–water partition coefficient (Wildman–Crippen LogP) is 3.11. The van der Waals surface area contributed by atoms with E-state index in [9.17, 15) is 0 Å². The third-order valence-electron chi connectivity index (χ3n) is 3.60. The van der Waals surface area contributed by atoms with Crippen LogP contribution in [0.15, 0.2) is 24.3 Å². The molecule has 1 aromatic carbocycles. The van der Waals surface area contributed by atoms with Gasteiger partial charge in [0.1, 0.15) is 11.9 Å². The fourth-order valence-electron chi connectivity index (χ4n) is 2.28. The molecule has 1 aromatic rings. The van der Waals surface area contributed by atoms with E-state index in [0.717, 1.165) is 17.2 Å². The Bertz CT molecular complexity index is 378. The minimum atomic E-state index is 0.178. The number of benzene rings is 1. The molecule has 0 bridgehead atoms. The molecule has 1 N–H and O–H groups in total. The fraction of sp³-hybridized carbons (Fsp3) is 0.538. The van der Waals surface area contributed by atoms with Crippen LogP contribution in [0.5, 0.6) is 5.75 Å². The highest BCUT2D eigenvalue weighted by atomic mass is 35.5. The normalized spacial score (nSPS) is 27.2. The number of halogens is 1. The van der Waals surface area contributed by atoms with E-state index in [4.69, 9.17) is 16.3 Å². The van der Waals surface area contributed by atoms with Gasteiger partial charge in [-0.3, -0.25) is 0 Å². The zero-order valence-corrected chi connectivity index (χ0v) is 10.7. The smallest absolute Gasteiger partial charge is 0.121 e. The van der Waals surface area contributed by atoms with E-state index in [2.05, 4.69) is 19.2 Å². The summed E-state index contributed by atoms with van der Waals surface area (Å²) in [5.41, 5.74) is 0.178. The minimum Gasteiger partial charge on any atom is -0.490 e. The lowest BCUT2D eigenvalue weighted by atomic mass is 9.64. The Morgan fingerprint density at radius 3 is 2.75 bits per heavy atom. The molecule has 2 nitrogen and oxygen atoms in total. The van der Waals surface area contributed by atoms with Gasteiger partial charge in [-0.1, -0.05) is 31.5 Å². The molecule has 0 amide bonds. The van der Waals surface area contributed by atoms with Crippen LogP contribution in [0, 0.1) is 5.41 Å². The first-order chi connectivity index (χ1) is 7.54. The van der Waals surface area contributed by atoms with Crippen molar-refractivity contribution >= 4 is 11.6 Å². The highest BCUT2D eigenvalue weighted by Gasteiger charge is 2.49. The maximum absolute atomic E-state index is 5.95. The molecule has 0 aliphatic heterocycles. The maximum Gasteiger partial charge on any atom is 0.121 e. The van der Waals surface area contributed by atoms with Gasteiger partial charge in [-0.05, 0) is 25.2 Å². The number of rotatable bonds is 3. The van der Waals surface area contributed by atoms with E-state index in [1.54, 1.807) is 0 Å². The summed E-state index contributed by atoms with van der Waals surface area (Å²) in [7, 11) is 2.00. The van der Waals surface area contributed by atoms with Gasteiger partial charge >= 0.3 is 0 Å². The zero-order valence-electron chi connectivity index (χ0n) is 9.96. The third kappa shape index (κ3) is 2.04. The van der Waals surface area contributed by atoms with E-state index in [1.807, 2.05) is 31.3 Å². The number of hydrogen-bond acceptors (Lipinski definition) is 2. The molecule has 1 fully saturated rings. The second-order valence-electron chi connectivity index (χ2n) is 4.96. The van der Waals surface area contributed by atoms with Gasteiger partial charge in [0.25, 0.3) is 0 Å². The molecule has 16 heavy (non-hydrogen) atoms. The van der Waals surface area contributed by atoms with Crippen molar-refractivity contribution < 1.29 is 4.74 Å². The largest absolute Gasteiger partial charge is 0.490 e. The molecule has 1 aliphatic rings. The standard InChI is InChI=1S/C13H18ClNO/c1-13(2)11(15-3)8-12(13)16-10-6-4-5-9(14)7-10/h4-7,11-12,15H,8H2,1-3H3. The summed E-state index contributed by atoms with van der Waals surface area (Å²) >= 11 is 5.92. The lowest BCUT2D eigenvalue weighted by Crippen LogP contribution is -2.61. The van der Waals surface area contributed by atoms with E-state index in [-0.39, 0.29) is 11.5 Å². The SMILES string of the molecule is CNC1CC(Oc2cccc(Cl)c2)C1(C)C. The van der Waals surface area contributed by atoms with Crippen molar-refractivity contribution in [2.24, 2.45) is 5.41 Å². The van der Waals surface area contributed by atoms with Gasteiger partial charge in [0, 0.05) is 22.9 Å². The molecule has 0 aromatic heterocycles. The van der Waals surface area contributed by atoms with Crippen LogP contribution < -0.4 is 10.1 Å². The highest BCUT2D eigenvalue weighted by molar-refractivity contribution is 6.30. The highest BCUT2D eigenvalue weighted by Crippen LogP contribution is 2.42. The Labute approximate surface area is 102 Å². The topological polar surface area (TPSA) is 21.3 Å². The Balaban J connectivity index is 2.02. The Morgan fingerprint density at radius 2 is 2.19 bits per heavy atom. The Morgan fingerprint density at radius 1 is 1.44 bits per heavy atom. The quantitative estimate of drug-likeness (QED) is 0.875. The summed E-state index contributed by atoms with van der Waals surface area (Å²) < 4.78 is 5.95. The molecule has 88 valence electrons. The molecule has 0 radical (unpaired) electrons. The molecule has 1 saturated carbocycles. The van der Waals surface area contributed by atoms with E-state index >= 15 is 0 Å². The van der Waals surface area contributed by atoms with Crippen LogP contribution in [0.25, 0.3) is 0 Å². The Kier molecular flexibility index (Phi) is 3.13. The van der Waals surface area contributed by atoms with Crippen LogP contribution in [0.4, 0.5) is 0 Å². The lowest BCUT2D eigenvalue weighted by molar-refractivity contribution is -0.0520. The van der Waals surface area contributed by atoms with E-state index in [0.29, 0.717) is 6.04 Å². The molecule has 3 heteroatoms. The van der Waals surface area contributed by atoms with Crippen LogP contribution in [0.3, 0.4) is 0 Å². The van der Waals surface area contributed by atoms with Crippen molar-refractivity contribution in [3.05, 3.63) is 29.3 Å². The molecule has 2 unspecified atom stereocenters. The number of hydrogen-bond donors (Lipinski definition) is 1. The zero-order chi connectivity index (χ0) is 11.8. The minimum absolute atomic E-state index is 0.178. The average molecular weight is 240 g/mol. The van der Waals surface area contributed by atoms with E-state index < -0.39 is 0 Å². The van der Waals surface area contributed by atoms with Crippen LogP contribution in [0.1, 0.15) is 20.3 Å². The van der Waals surface area contributed by atoms with Crippen molar-refractivity contribution in [3.63, 3.8) is 0 Å². The summed E-state index contributed by atoms with van der Waals surface area (Å²) in [5.74, 6) is 0.861. The van der Waals surface area contributed by atoms with Gasteiger partial charge in [-0.2, -0.15) is 0 Å². The fourth-order valence-corrected chi connectivity index (χ4v) is 2.46. The van der Waals surface area contributed by atoms with Crippen LogP contribution in [-0.4, -0.2) is 19.2 Å². The van der Waals surface area contributed by atoms with Gasteiger partial charge in [-0.25, -0.2) is 0 Å². The van der Waals surface area contributed by atoms with Crippen molar-refractivity contribution in [1.29, 1.82) is 0 Å². The van der Waals surface area contributed by atoms with Crippen molar-refractivity contribution in [1.82, 2.24) is 5.32 Å². The average Bonchev–Trinajstić information content (AvgIpc) is 2.23.